The molecule has 0 radical (unpaired) electrons. The number of esters is 1. The predicted molar refractivity (Wildman–Crippen MR) is 203 cm³/mol. The van der Waals surface area contributed by atoms with Crippen LogP contribution in [0.5, 0.6) is 0 Å². The van der Waals surface area contributed by atoms with Crippen molar-refractivity contribution in [3.63, 3.8) is 0 Å². The molecule has 4 fully saturated rings. The number of Topliss-reactive ketones (excluding diaryl/α,β-unsaturated/α-hetero) is 1. The molecule has 0 unspecified atom stereocenters. The predicted octanol–water partition coefficient (Wildman–Crippen LogP) is 4.28. The molecule has 0 saturated carbocycles. The zero-order chi connectivity index (χ0) is 39.2. The molecule has 4 aliphatic heterocycles. The molecule has 2 N–H and O–H groups in total. The van der Waals surface area contributed by atoms with E-state index in [2.05, 4.69) is 29.5 Å². The largest absolute Gasteiger partial charge is 0.459 e. The van der Waals surface area contributed by atoms with Crippen LogP contribution in [0, 0.1) is 17.8 Å². The monoisotopic (exact) mass is 743 g/mol. The lowest BCUT2D eigenvalue weighted by molar-refractivity contribution is -0.297. The number of aliphatic hydroxyl groups is 2. The third-order valence-corrected chi connectivity index (χ3v) is 11.5. The maximum Gasteiger partial charge on any atom is 0.316 e. The van der Waals surface area contributed by atoms with Gasteiger partial charge >= 0.3 is 5.97 Å². The quantitative estimate of drug-likeness (QED) is 0.234. The Morgan fingerprint density at radius 3 is 2.49 bits per heavy atom. The molecule has 5 heterocycles. The van der Waals surface area contributed by atoms with Crippen LogP contribution < -0.4 is 0 Å². The van der Waals surface area contributed by atoms with Gasteiger partial charge in [-0.3, -0.25) is 19.5 Å². The van der Waals surface area contributed by atoms with Gasteiger partial charge in [0.05, 0.1) is 42.8 Å². The zero-order valence-electron chi connectivity index (χ0n) is 33.6. The first-order chi connectivity index (χ1) is 24.9. The molecule has 0 amide bonds. The highest BCUT2D eigenvalue weighted by Crippen LogP contribution is 2.38. The van der Waals surface area contributed by atoms with Crippen molar-refractivity contribution in [3.8, 4) is 0 Å². The van der Waals surface area contributed by atoms with Crippen LogP contribution in [0.4, 0.5) is 0 Å². The molecule has 53 heavy (non-hydrogen) atoms. The minimum atomic E-state index is -1.61. The van der Waals surface area contributed by atoms with Crippen LogP contribution in [0.25, 0.3) is 6.08 Å². The lowest BCUT2D eigenvalue weighted by atomic mass is 9.79. The number of pyridine rings is 1. The molecule has 298 valence electrons. The van der Waals surface area contributed by atoms with E-state index in [-0.39, 0.29) is 37.3 Å². The van der Waals surface area contributed by atoms with Crippen LogP contribution in [-0.2, 0) is 33.3 Å². The van der Waals surface area contributed by atoms with Gasteiger partial charge in [-0.1, -0.05) is 39.5 Å². The highest BCUT2D eigenvalue weighted by Gasteiger charge is 2.51. The summed E-state index contributed by atoms with van der Waals surface area (Å²) in [5.74, 6) is -3.46. The van der Waals surface area contributed by atoms with Gasteiger partial charge in [0.2, 0.25) is 0 Å². The van der Waals surface area contributed by atoms with Gasteiger partial charge in [-0.15, -0.1) is 0 Å². The molecule has 4 saturated heterocycles. The molecule has 13 atom stereocenters. The standard InChI is InChI=1S/C41H65N3O9/c1-12-33-41(9,48)36-26(3)22-44(19-15-17-31-16-13-14-18-42-31)27(4)21-40(8,50-24-25(2)23-49-36)37(29(6)34(45)30(7)38(47)52-33)53-39-35(46)32(43(10)11)20-28(5)51-39/h13-18,26-30,32-33,35-37,39,46,48H,2,12,19-24H2,1,3-11H3/b17-15+/t26-,27+,28+,29-,30+,32-,33+,35+,36-,37+,39-,40+,41+/m0/s1. The third-order valence-electron chi connectivity index (χ3n) is 11.5. The summed E-state index contributed by atoms with van der Waals surface area (Å²) < 4.78 is 32.4. The molecular formula is C41H65N3O9. The summed E-state index contributed by atoms with van der Waals surface area (Å²) in [6.45, 7) is 20.2. The van der Waals surface area contributed by atoms with Gasteiger partial charge in [-0.25, -0.2) is 0 Å². The summed E-state index contributed by atoms with van der Waals surface area (Å²) in [4.78, 5) is 36.9. The maximum atomic E-state index is 14.4. The highest BCUT2D eigenvalue weighted by atomic mass is 16.7. The van der Waals surface area contributed by atoms with E-state index < -0.39 is 65.5 Å². The van der Waals surface area contributed by atoms with Crippen molar-refractivity contribution in [1.82, 2.24) is 14.8 Å². The number of ether oxygens (including phenoxy) is 5. The number of ketones is 1. The fourth-order valence-corrected chi connectivity index (χ4v) is 8.37. The van der Waals surface area contributed by atoms with E-state index in [1.165, 1.54) is 6.92 Å². The molecular weight excluding hydrogens is 678 g/mol. The summed E-state index contributed by atoms with van der Waals surface area (Å²) in [6.07, 6.45) is 2.08. The number of hydrogen-bond acceptors (Lipinski definition) is 12. The van der Waals surface area contributed by atoms with Crippen LogP contribution in [-0.4, -0.2) is 137 Å². The third kappa shape index (κ3) is 10.4. The lowest BCUT2D eigenvalue weighted by Crippen LogP contribution is -2.60. The second-order valence-corrected chi connectivity index (χ2v) is 16.3. The van der Waals surface area contributed by atoms with Crippen LogP contribution in [0.2, 0.25) is 0 Å². The van der Waals surface area contributed by atoms with Gasteiger partial charge in [0.15, 0.2) is 12.1 Å². The number of fused-ring (bicyclic) bond motifs is 15. The minimum absolute atomic E-state index is 0.0831. The van der Waals surface area contributed by atoms with Gasteiger partial charge < -0.3 is 38.8 Å². The van der Waals surface area contributed by atoms with E-state index in [9.17, 15) is 19.8 Å². The van der Waals surface area contributed by atoms with Crippen LogP contribution in [0.3, 0.4) is 0 Å². The summed E-state index contributed by atoms with van der Waals surface area (Å²) in [5.41, 5.74) is -1.30. The Morgan fingerprint density at radius 2 is 1.85 bits per heavy atom. The first-order valence-corrected chi connectivity index (χ1v) is 19.2. The van der Waals surface area contributed by atoms with Crippen LogP contribution in [0.1, 0.15) is 80.3 Å². The van der Waals surface area contributed by atoms with E-state index in [0.717, 1.165) is 5.69 Å². The Labute approximate surface area is 316 Å². The first kappa shape index (κ1) is 43.2. The molecule has 4 aliphatic rings. The molecule has 0 spiro atoms. The average molecular weight is 744 g/mol. The Hall–Kier alpha value is -2.55. The number of carbonyl (C=O) groups excluding carboxylic acids is 2. The topological polar surface area (TPSA) is 140 Å². The molecule has 0 aliphatic carbocycles. The minimum Gasteiger partial charge on any atom is -0.459 e. The van der Waals surface area contributed by atoms with Crippen molar-refractivity contribution < 1.29 is 43.5 Å². The zero-order valence-corrected chi connectivity index (χ0v) is 33.6. The second-order valence-electron chi connectivity index (χ2n) is 16.3. The number of carbonyl (C=O) groups is 2. The Morgan fingerprint density at radius 1 is 1.13 bits per heavy atom. The van der Waals surface area contributed by atoms with Crippen molar-refractivity contribution in [1.29, 1.82) is 0 Å². The normalized spacial score (nSPS) is 40.3. The van der Waals surface area contributed by atoms with Crippen molar-refractivity contribution in [2.24, 2.45) is 17.8 Å². The number of aromatic nitrogens is 1. The van der Waals surface area contributed by atoms with Gasteiger partial charge in [-0.05, 0) is 97.7 Å². The fraction of sp³-hybridized carbons (Fsp3) is 0.732. The van der Waals surface area contributed by atoms with Crippen molar-refractivity contribution in [3.05, 3.63) is 48.3 Å². The number of nitrogens with zero attached hydrogens (tertiary/aromatic N) is 3. The molecule has 12 heteroatoms. The van der Waals surface area contributed by atoms with Gasteiger partial charge in [-0.2, -0.15) is 0 Å². The van der Waals surface area contributed by atoms with E-state index in [1.807, 2.05) is 71.0 Å². The maximum absolute atomic E-state index is 14.4. The Bertz CT molecular complexity index is 1410. The van der Waals surface area contributed by atoms with Crippen LogP contribution in [0.15, 0.2) is 42.6 Å². The summed E-state index contributed by atoms with van der Waals surface area (Å²) in [6, 6.07) is 5.35. The Balaban J connectivity index is 1.87. The fourth-order valence-electron chi connectivity index (χ4n) is 8.37. The summed E-state index contributed by atoms with van der Waals surface area (Å²) in [7, 11) is 3.81. The smallest absolute Gasteiger partial charge is 0.316 e. The average Bonchev–Trinajstić information content (AvgIpc) is 3.11. The van der Waals surface area contributed by atoms with Crippen molar-refractivity contribution >= 4 is 17.8 Å². The second kappa shape index (κ2) is 18.4. The number of hydrogen-bond donors (Lipinski definition) is 2. The van der Waals surface area contributed by atoms with E-state index >= 15 is 0 Å². The number of rotatable bonds is 7. The van der Waals surface area contributed by atoms with Crippen molar-refractivity contribution in [2.75, 3.05) is 40.4 Å². The summed E-state index contributed by atoms with van der Waals surface area (Å²) >= 11 is 0. The molecule has 2 bridgehead atoms. The number of aliphatic hydroxyl groups excluding tert-OH is 1. The molecule has 1 aromatic rings. The van der Waals surface area contributed by atoms with E-state index in [4.69, 9.17) is 23.7 Å². The molecule has 5 rings (SSSR count). The highest BCUT2D eigenvalue weighted by molar-refractivity contribution is 6.00. The van der Waals surface area contributed by atoms with E-state index in [1.54, 1.807) is 20.0 Å². The van der Waals surface area contributed by atoms with E-state index in [0.29, 0.717) is 37.9 Å². The molecule has 12 nitrogen and oxygen atoms in total. The SMILES string of the molecule is C=C1CO[C@H]2[C@@H](C)CN(C/C=C/c3ccccn3)[C@H](C)C[C@@](C)(OC1)[C@H](O[C@@H]1O[C@H](C)C[C@H](N(C)C)[C@H]1O)[C@@H](C)C(=O)[C@@H](C)C(=O)O[C@H](CC)[C@@]2(C)O. The number of likely N-dealkylation sites (N-methyl/N-ethyl adjacent to an activating group) is 1. The first-order valence-electron chi connectivity index (χ1n) is 19.2. The van der Waals surface area contributed by atoms with Gasteiger partial charge in [0, 0.05) is 37.3 Å². The van der Waals surface area contributed by atoms with Crippen molar-refractivity contribution in [2.45, 2.75) is 135 Å². The van der Waals surface area contributed by atoms with Crippen LogP contribution >= 0.6 is 0 Å². The molecule has 0 aromatic carbocycles. The van der Waals surface area contributed by atoms with Gasteiger partial charge in [0.25, 0.3) is 0 Å². The Kier molecular flexibility index (Phi) is 15.0. The van der Waals surface area contributed by atoms with Gasteiger partial charge in [0.1, 0.15) is 23.7 Å². The molecule has 1 aromatic heterocycles. The summed E-state index contributed by atoms with van der Waals surface area (Å²) in [5, 5.41) is 23.8. The lowest BCUT2D eigenvalue weighted by Gasteiger charge is -2.48.